The maximum atomic E-state index is 5.51. The molecule has 0 unspecified atom stereocenters. The first-order valence-electron chi connectivity index (χ1n) is 9.24. The number of oxime groups is 1. The zero-order valence-corrected chi connectivity index (χ0v) is 16.6. The Labute approximate surface area is 166 Å². The van der Waals surface area contributed by atoms with Gasteiger partial charge < -0.3 is 9.74 Å². The summed E-state index contributed by atoms with van der Waals surface area (Å²) in [5.41, 5.74) is 4.08. The van der Waals surface area contributed by atoms with Crippen molar-refractivity contribution in [2.45, 2.75) is 26.5 Å². The van der Waals surface area contributed by atoms with E-state index in [1.54, 1.807) is 22.2 Å². The Morgan fingerprint density at radius 2 is 2.14 bits per heavy atom. The SMILES string of the molecule is C/C(=N\OCc1nc2c3c4c(sc3ncn2n1)CN(C)CC4)c1ccccc1. The number of thiophene rings is 1. The number of benzene rings is 1. The van der Waals surface area contributed by atoms with Crippen LogP contribution in [0.25, 0.3) is 15.9 Å². The summed E-state index contributed by atoms with van der Waals surface area (Å²) in [6, 6.07) is 9.95. The second-order valence-corrected chi connectivity index (χ2v) is 8.11. The summed E-state index contributed by atoms with van der Waals surface area (Å²) < 4.78 is 1.75. The normalized spacial score (nSPS) is 15.3. The summed E-state index contributed by atoms with van der Waals surface area (Å²) in [5, 5.41) is 9.86. The molecule has 1 aliphatic rings. The van der Waals surface area contributed by atoms with Gasteiger partial charge in [0.25, 0.3) is 0 Å². The van der Waals surface area contributed by atoms with Crippen LogP contribution in [0, 0.1) is 0 Å². The van der Waals surface area contributed by atoms with Crippen LogP contribution in [0.2, 0.25) is 0 Å². The van der Waals surface area contributed by atoms with Gasteiger partial charge in [-0.3, -0.25) is 0 Å². The van der Waals surface area contributed by atoms with E-state index < -0.39 is 0 Å². The molecule has 7 nitrogen and oxygen atoms in total. The highest BCUT2D eigenvalue weighted by molar-refractivity contribution is 7.19. The van der Waals surface area contributed by atoms with Crippen LogP contribution >= 0.6 is 11.3 Å². The van der Waals surface area contributed by atoms with Gasteiger partial charge in [0, 0.05) is 18.0 Å². The zero-order valence-electron chi connectivity index (χ0n) is 15.8. The van der Waals surface area contributed by atoms with Gasteiger partial charge >= 0.3 is 0 Å². The Bertz CT molecular complexity index is 1180. The Hall–Kier alpha value is -2.84. The van der Waals surface area contributed by atoms with Gasteiger partial charge in [-0.25, -0.2) is 14.5 Å². The number of hydrogen-bond acceptors (Lipinski definition) is 7. The largest absolute Gasteiger partial charge is 0.387 e. The summed E-state index contributed by atoms with van der Waals surface area (Å²) >= 11 is 1.76. The van der Waals surface area contributed by atoms with E-state index in [-0.39, 0.29) is 6.61 Å². The van der Waals surface area contributed by atoms with Crippen LogP contribution in [0.1, 0.15) is 28.8 Å². The summed E-state index contributed by atoms with van der Waals surface area (Å²) in [5.74, 6) is 0.604. The minimum absolute atomic E-state index is 0.225. The molecule has 0 aliphatic carbocycles. The molecule has 4 aromatic rings. The third-order valence-corrected chi connectivity index (χ3v) is 6.12. The average Bonchev–Trinajstić information content (AvgIpc) is 3.28. The molecule has 0 bridgehead atoms. The minimum Gasteiger partial charge on any atom is -0.387 e. The van der Waals surface area contributed by atoms with E-state index in [0.717, 1.165) is 46.6 Å². The number of nitrogens with zero attached hydrogens (tertiary/aromatic N) is 6. The Morgan fingerprint density at radius 1 is 1.29 bits per heavy atom. The molecule has 0 atom stereocenters. The fourth-order valence-electron chi connectivity index (χ4n) is 3.54. The molecule has 0 fully saturated rings. The fraction of sp³-hybridized carbons (Fsp3) is 0.300. The molecule has 5 rings (SSSR count). The highest BCUT2D eigenvalue weighted by Crippen LogP contribution is 2.35. The molecule has 0 radical (unpaired) electrons. The van der Waals surface area contributed by atoms with Crippen molar-refractivity contribution < 1.29 is 4.84 Å². The topological polar surface area (TPSA) is 67.9 Å². The molecule has 3 aromatic heterocycles. The first-order chi connectivity index (χ1) is 13.7. The number of fused-ring (bicyclic) bond motifs is 5. The summed E-state index contributed by atoms with van der Waals surface area (Å²) in [6.07, 6.45) is 2.75. The number of likely N-dealkylation sites (N-methyl/N-ethyl adjacent to an activating group) is 1. The summed E-state index contributed by atoms with van der Waals surface area (Å²) in [4.78, 5) is 19.6. The van der Waals surface area contributed by atoms with Crippen molar-refractivity contribution in [3.63, 3.8) is 0 Å². The first-order valence-corrected chi connectivity index (χ1v) is 10.1. The van der Waals surface area contributed by atoms with Crippen LogP contribution in [0.4, 0.5) is 0 Å². The second kappa shape index (κ2) is 6.96. The number of hydrogen-bond donors (Lipinski definition) is 0. The van der Waals surface area contributed by atoms with Gasteiger partial charge in [-0.15, -0.1) is 16.4 Å². The van der Waals surface area contributed by atoms with Gasteiger partial charge in [-0.05, 0) is 31.5 Å². The van der Waals surface area contributed by atoms with Gasteiger partial charge in [-0.2, -0.15) is 0 Å². The fourth-order valence-corrected chi connectivity index (χ4v) is 4.81. The Kier molecular flexibility index (Phi) is 4.29. The molecule has 142 valence electrons. The lowest BCUT2D eigenvalue weighted by Crippen LogP contribution is -2.25. The summed E-state index contributed by atoms with van der Waals surface area (Å²) in [7, 11) is 2.15. The van der Waals surface area contributed by atoms with Gasteiger partial charge in [0.2, 0.25) is 0 Å². The third-order valence-electron chi connectivity index (χ3n) is 5.00. The zero-order chi connectivity index (χ0) is 19.1. The highest BCUT2D eigenvalue weighted by atomic mass is 32.1. The molecule has 0 saturated carbocycles. The van der Waals surface area contributed by atoms with E-state index in [4.69, 9.17) is 9.82 Å². The quantitative estimate of drug-likeness (QED) is 0.394. The van der Waals surface area contributed by atoms with E-state index in [2.05, 4.69) is 27.2 Å². The lowest BCUT2D eigenvalue weighted by molar-refractivity contribution is 0.125. The van der Waals surface area contributed by atoms with Crippen LogP contribution in [0.5, 0.6) is 0 Å². The maximum Gasteiger partial charge on any atom is 0.192 e. The predicted octanol–water partition coefficient (Wildman–Crippen LogP) is 3.27. The van der Waals surface area contributed by atoms with Crippen LogP contribution in [-0.2, 0) is 24.4 Å². The van der Waals surface area contributed by atoms with Gasteiger partial charge in [0.1, 0.15) is 11.2 Å². The lowest BCUT2D eigenvalue weighted by Gasteiger charge is -2.21. The van der Waals surface area contributed by atoms with E-state index in [1.807, 2.05) is 37.3 Å². The molecular weight excluding hydrogens is 372 g/mol. The third kappa shape index (κ3) is 3.04. The van der Waals surface area contributed by atoms with Crippen molar-refractivity contribution in [3.8, 4) is 0 Å². The van der Waals surface area contributed by atoms with Gasteiger partial charge in [0.15, 0.2) is 18.1 Å². The first kappa shape index (κ1) is 17.3. The number of aromatic nitrogens is 4. The van der Waals surface area contributed by atoms with Gasteiger partial charge in [0.05, 0.1) is 11.1 Å². The molecule has 0 N–H and O–H groups in total. The highest BCUT2D eigenvalue weighted by Gasteiger charge is 2.22. The van der Waals surface area contributed by atoms with Gasteiger partial charge in [-0.1, -0.05) is 35.5 Å². The number of rotatable bonds is 4. The molecule has 8 heteroatoms. The molecule has 28 heavy (non-hydrogen) atoms. The van der Waals surface area contributed by atoms with Crippen LogP contribution < -0.4 is 0 Å². The molecular formula is C20H20N6OS. The standard InChI is InChI=1S/C20H20N6OS/c1-13(14-6-4-3-5-7-14)24-27-11-17-22-19-18-15-8-9-25(2)10-16(15)28-20(18)21-12-26(19)23-17/h3-7,12H,8-11H2,1-2H3/b24-13+. The van der Waals surface area contributed by atoms with Crippen molar-refractivity contribution in [1.82, 2.24) is 24.5 Å². The average molecular weight is 392 g/mol. The molecule has 1 aromatic carbocycles. The molecule has 0 spiro atoms. The molecule has 0 amide bonds. The van der Waals surface area contributed by atoms with Crippen molar-refractivity contribution in [3.05, 3.63) is 58.5 Å². The second-order valence-electron chi connectivity index (χ2n) is 7.03. The smallest absolute Gasteiger partial charge is 0.192 e. The van der Waals surface area contributed by atoms with Crippen LogP contribution in [-0.4, -0.2) is 43.8 Å². The van der Waals surface area contributed by atoms with E-state index >= 15 is 0 Å². The van der Waals surface area contributed by atoms with Crippen molar-refractivity contribution in [2.75, 3.05) is 13.6 Å². The molecule has 1 aliphatic heterocycles. The van der Waals surface area contributed by atoms with Crippen molar-refractivity contribution >= 4 is 32.9 Å². The van der Waals surface area contributed by atoms with Crippen molar-refractivity contribution in [2.24, 2.45) is 5.16 Å². The summed E-state index contributed by atoms with van der Waals surface area (Å²) in [6.45, 7) is 4.18. The van der Waals surface area contributed by atoms with Crippen molar-refractivity contribution in [1.29, 1.82) is 0 Å². The molecule has 0 saturated heterocycles. The van der Waals surface area contributed by atoms with E-state index in [9.17, 15) is 0 Å². The van der Waals surface area contributed by atoms with E-state index in [0.29, 0.717) is 5.82 Å². The Morgan fingerprint density at radius 3 is 3.00 bits per heavy atom. The Balaban J connectivity index is 1.43. The predicted molar refractivity (Wildman–Crippen MR) is 110 cm³/mol. The maximum absolute atomic E-state index is 5.51. The monoisotopic (exact) mass is 392 g/mol. The van der Waals surface area contributed by atoms with Crippen LogP contribution in [0.3, 0.4) is 0 Å². The van der Waals surface area contributed by atoms with E-state index in [1.165, 1.54) is 10.4 Å². The molecule has 4 heterocycles. The van der Waals surface area contributed by atoms with Crippen LogP contribution in [0.15, 0.2) is 41.8 Å². The lowest BCUT2D eigenvalue weighted by atomic mass is 10.1. The minimum atomic E-state index is 0.225.